The summed E-state index contributed by atoms with van der Waals surface area (Å²) in [7, 11) is -3.82. The number of hydrogen-bond acceptors (Lipinski definition) is 5. The summed E-state index contributed by atoms with van der Waals surface area (Å²) in [6.45, 7) is 0.119. The van der Waals surface area contributed by atoms with E-state index in [-0.39, 0.29) is 55.2 Å². The minimum atomic E-state index is -3.82. The lowest BCUT2D eigenvalue weighted by atomic mass is 9.76. The standard InChI is InChI=1S/C23H26N2O5S/c26-14-12-19-15-23(22(28)25(19)16-18-7-3-1-4-8-18)17-24(13-11-21(23)27)31(29,30)20-9-5-2-6-10-20/h1-10,19,26H,11-17H2. The van der Waals surface area contributed by atoms with Gasteiger partial charge in [-0.15, -0.1) is 0 Å². The fraction of sp³-hybridized carbons (Fsp3) is 0.391. The number of likely N-dealkylation sites (tertiary alicyclic amines) is 1. The largest absolute Gasteiger partial charge is 0.396 e. The van der Waals surface area contributed by atoms with E-state index in [0.29, 0.717) is 13.0 Å². The Balaban J connectivity index is 1.65. The monoisotopic (exact) mass is 442 g/mol. The SMILES string of the molecule is O=C1CCN(S(=O)(=O)c2ccccc2)CC12CC(CCO)N(Cc1ccccc1)C2=O. The maximum Gasteiger partial charge on any atom is 0.243 e. The smallest absolute Gasteiger partial charge is 0.243 e. The van der Waals surface area contributed by atoms with Crippen LogP contribution >= 0.6 is 0 Å². The molecule has 2 aromatic rings. The topological polar surface area (TPSA) is 95.0 Å². The van der Waals surface area contributed by atoms with Crippen LogP contribution in [0, 0.1) is 5.41 Å². The number of nitrogens with zero attached hydrogens (tertiary/aromatic N) is 2. The van der Waals surface area contributed by atoms with E-state index in [0.717, 1.165) is 5.56 Å². The number of piperidine rings is 1. The Kier molecular flexibility index (Phi) is 5.96. The molecule has 2 heterocycles. The molecule has 0 bridgehead atoms. The maximum absolute atomic E-state index is 13.6. The van der Waals surface area contributed by atoms with Crippen molar-refractivity contribution < 1.29 is 23.1 Å². The number of Topliss-reactive ketones (excluding diaryl/α,β-unsaturated/α-hetero) is 1. The molecule has 2 aliphatic heterocycles. The first-order valence-electron chi connectivity index (χ1n) is 10.4. The number of sulfonamides is 1. The van der Waals surface area contributed by atoms with Crippen molar-refractivity contribution in [2.75, 3.05) is 19.7 Å². The zero-order chi connectivity index (χ0) is 22.1. The third kappa shape index (κ3) is 3.91. The molecule has 2 aromatic carbocycles. The second-order valence-electron chi connectivity index (χ2n) is 8.20. The Bertz CT molecular complexity index is 1060. The number of carbonyl (C=O) groups excluding carboxylic acids is 2. The van der Waals surface area contributed by atoms with Gasteiger partial charge in [0, 0.05) is 38.7 Å². The molecule has 2 fully saturated rings. The molecule has 31 heavy (non-hydrogen) atoms. The van der Waals surface area contributed by atoms with E-state index in [4.69, 9.17) is 0 Å². The molecule has 2 saturated heterocycles. The molecule has 1 spiro atoms. The number of amides is 1. The van der Waals surface area contributed by atoms with Gasteiger partial charge < -0.3 is 10.0 Å². The van der Waals surface area contributed by atoms with Crippen molar-refractivity contribution >= 4 is 21.7 Å². The van der Waals surface area contributed by atoms with Gasteiger partial charge in [-0.05, 0) is 30.5 Å². The predicted molar refractivity (Wildman–Crippen MR) is 114 cm³/mol. The Labute approximate surface area is 182 Å². The normalized spacial score (nSPS) is 24.8. The van der Waals surface area contributed by atoms with Crippen LogP contribution in [0.3, 0.4) is 0 Å². The van der Waals surface area contributed by atoms with E-state index in [1.807, 2.05) is 30.3 Å². The molecule has 1 amide bonds. The van der Waals surface area contributed by atoms with E-state index in [9.17, 15) is 23.1 Å². The molecule has 0 aromatic heterocycles. The molecule has 0 saturated carbocycles. The second-order valence-corrected chi connectivity index (χ2v) is 10.1. The Hall–Kier alpha value is -2.55. The quantitative estimate of drug-likeness (QED) is 0.689. The van der Waals surface area contributed by atoms with Crippen LogP contribution in [-0.4, -0.2) is 60.2 Å². The Morgan fingerprint density at radius 1 is 1.00 bits per heavy atom. The molecule has 4 rings (SSSR count). The van der Waals surface area contributed by atoms with Crippen molar-refractivity contribution in [3.8, 4) is 0 Å². The highest BCUT2D eigenvalue weighted by Crippen LogP contribution is 2.43. The number of benzene rings is 2. The van der Waals surface area contributed by atoms with Gasteiger partial charge in [0.1, 0.15) is 5.41 Å². The number of ketones is 1. The van der Waals surface area contributed by atoms with Gasteiger partial charge in [-0.2, -0.15) is 4.31 Å². The molecule has 164 valence electrons. The summed E-state index contributed by atoms with van der Waals surface area (Å²) in [4.78, 5) is 28.4. The lowest BCUT2D eigenvalue weighted by molar-refractivity contribution is -0.147. The summed E-state index contributed by atoms with van der Waals surface area (Å²) in [6, 6.07) is 17.2. The van der Waals surface area contributed by atoms with Crippen molar-refractivity contribution in [2.45, 2.75) is 36.7 Å². The molecular weight excluding hydrogens is 416 g/mol. The van der Waals surface area contributed by atoms with Gasteiger partial charge >= 0.3 is 0 Å². The van der Waals surface area contributed by atoms with Crippen LogP contribution in [0.2, 0.25) is 0 Å². The van der Waals surface area contributed by atoms with Gasteiger partial charge in [0.05, 0.1) is 4.90 Å². The van der Waals surface area contributed by atoms with Crippen LogP contribution in [0.5, 0.6) is 0 Å². The highest BCUT2D eigenvalue weighted by Gasteiger charge is 2.59. The molecule has 0 radical (unpaired) electrons. The summed E-state index contributed by atoms with van der Waals surface area (Å²) in [6.07, 6.45) is 0.570. The summed E-state index contributed by atoms with van der Waals surface area (Å²) < 4.78 is 27.6. The summed E-state index contributed by atoms with van der Waals surface area (Å²) in [5.41, 5.74) is -0.470. The van der Waals surface area contributed by atoms with Gasteiger partial charge in [-0.25, -0.2) is 8.42 Å². The molecule has 2 aliphatic rings. The van der Waals surface area contributed by atoms with E-state index in [1.54, 1.807) is 23.1 Å². The zero-order valence-electron chi connectivity index (χ0n) is 17.2. The molecule has 0 aliphatic carbocycles. The van der Waals surface area contributed by atoms with Gasteiger partial charge in [0.25, 0.3) is 0 Å². The van der Waals surface area contributed by atoms with E-state index in [1.165, 1.54) is 16.4 Å². The number of rotatable bonds is 6. The zero-order valence-corrected chi connectivity index (χ0v) is 18.0. The van der Waals surface area contributed by atoms with Crippen molar-refractivity contribution in [2.24, 2.45) is 5.41 Å². The van der Waals surface area contributed by atoms with E-state index < -0.39 is 15.4 Å². The number of aliphatic hydroxyl groups excluding tert-OH is 1. The third-order valence-corrected chi connectivity index (χ3v) is 8.16. The van der Waals surface area contributed by atoms with Gasteiger partial charge in [-0.1, -0.05) is 48.5 Å². The highest BCUT2D eigenvalue weighted by atomic mass is 32.2. The molecular formula is C23H26N2O5S. The van der Waals surface area contributed by atoms with Crippen LogP contribution in [0.1, 0.15) is 24.8 Å². The summed E-state index contributed by atoms with van der Waals surface area (Å²) in [5.74, 6) is -0.553. The summed E-state index contributed by atoms with van der Waals surface area (Å²) >= 11 is 0. The van der Waals surface area contributed by atoms with Gasteiger partial charge in [0.2, 0.25) is 15.9 Å². The van der Waals surface area contributed by atoms with Gasteiger partial charge in [-0.3, -0.25) is 9.59 Å². The molecule has 2 atom stereocenters. The van der Waals surface area contributed by atoms with Crippen molar-refractivity contribution in [1.82, 2.24) is 9.21 Å². The maximum atomic E-state index is 13.6. The van der Waals surface area contributed by atoms with E-state index >= 15 is 0 Å². The van der Waals surface area contributed by atoms with Crippen LogP contribution in [0.15, 0.2) is 65.6 Å². The van der Waals surface area contributed by atoms with Crippen molar-refractivity contribution in [1.29, 1.82) is 0 Å². The number of aliphatic hydroxyl groups is 1. The van der Waals surface area contributed by atoms with Crippen LogP contribution in [-0.2, 0) is 26.2 Å². The minimum Gasteiger partial charge on any atom is -0.396 e. The summed E-state index contributed by atoms with van der Waals surface area (Å²) in [5, 5.41) is 9.55. The first-order chi connectivity index (χ1) is 14.9. The van der Waals surface area contributed by atoms with Gasteiger partial charge in [0.15, 0.2) is 5.78 Å². The molecule has 2 unspecified atom stereocenters. The van der Waals surface area contributed by atoms with Crippen LogP contribution in [0.25, 0.3) is 0 Å². The van der Waals surface area contributed by atoms with Crippen LogP contribution in [0.4, 0.5) is 0 Å². The minimum absolute atomic E-state index is 0.00280. The van der Waals surface area contributed by atoms with E-state index in [2.05, 4.69) is 0 Å². The van der Waals surface area contributed by atoms with Crippen LogP contribution < -0.4 is 0 Å². The molecule has 8 heteroatoms. The van der Waals surface area contributed by atoms with Crippen molar-refractivity contribution in [3.63, 3.8) is 0 Å². The second kappa shape index (κ2) is 8.53. The fourth-order valence-electron chi connectivity index (χ4n) is 4.67. The lowest BCUT2D eigenvalue weighted by Crippen LogP contribution is -2.54. The third-order valence-electron chi connectivity index (χ3n) is 6.30. The number of hydrogen-bond donors (Lipinski definition) is 1. The first-order valence-corrected chi connectivity index (χ1v) is 11.9. The fourth-order valence-corrected chi connectivity index (χ4v) is 6.20. The first kappa shape index (κ1) is 21.7. The predicted octanol–water partition coefficient (Wildman–Crippen LogP) is 1.82. The Morgan fingerprint density at radius 2 is 1.65 bits per heavy atom. The molecule has 1 N–H and O–H groups in total. The van der Waals surface area contributed by atoms with Crippen molar-refractivity contribution in [3.05, 3.63) is 66.2 Å². The lowest BCUT2D eigenvalue weighted by Gasteiger charge is -2.37. The molecule has 7 nitrogen and oxygen atoms in total. The Morgan fingerprint density at radius 3 is 2.29 bits per heavy atom. The average molecular weight is 443 g/mol. The highest BCUT2D eigenvalue weighted by molar-refractivity contribution is 7.89. The number of carbonyl (C=O) groups is 2. The average Bonchev–Trinajstić information content (AvgIpc) is 3.03.